The molecule has 0 radical (unpaired) electrons. The number of hydrogen-bond donors (Lipinski definition) is 1. The van der Waals surface area contributed by atoms with Gasteiger partial charge in [0.2, 0.25) is 0 Å². The van der Waals surface area contributed by atoms with Crippen molar-refractivity contribution in [2.24, 2.45) is 0 Å². The van der Waals surface area contributed by atoms with Crippen LogP contribution in [0.2, 0.25) is 0 Å². The summed E-state index contributed by atoms with van der Waals surface area (Å²) >= 11 is 0. The van der Waals surface area contributed by atoms with Crippen LogP contribution in [0.5, 0.6) is 11.5 Å². The van der Waals surface area contributed by atoms with Crippen LogP contribution in [0.1, 0.15) is 5.56 Å². The lowest BCUT2D eigenvalue weighted by Gasteiger charge is -2.32. The van der Waals surface area contributed by atoms with Crippen LogP contribution in [0.4, 0.5) is 5.69 Å². The SMILES string of the molecule is N#Cc1ccc(OC[C@@H](O)CN2CCOc3ccccc32)cc1. The van der Waals surface area contributed by atoms with Crippen molar-refractivity contribution < 1.29 is 14.6 Å². The van der Waals surface area contributed by atoms with Crippen LogP contribution in [0.3, 0.4) is 0 Å². The fourth-order valence-corrected chi connectivity index (χ4v) is 2.54. The Morgan fingerprint density at radius 2 is 2.00 bits per heavy atom. The number of fused-ring (bicyclic) bond motifs is 1. The van der Waals surface area contributed by atoms with Gasteiger partial charge in [-0.2, -0.15) is 5.26 Å². The number of nitriles is 1. The summed E-state index contributed by atoms with van der Waals surface area (Å²) in [4.78, 5) is 2.10. The number of para-hydroxylation sites is 2. The van der Waals surface area contributed by atoms with Gasteiger partial charge in [-0.15, -0.1) is 0 Å². The van der Waals surface area contributed by atoms with Crippen molar-refractivity contribution in [2.75, 3.05) is 31.2 Å². The van der Waals surface area contributed by atoms with Gasteiger partial charge in [-0.25, -0.2) is 0 Å². The van der Waals surface area contributed by atoms with Gasteiger partial charge in [-0.05, 0) is 36.4 Å². The third-order valence-electron chi connectivity index (χ3n) is 3.68. The smallest absolute Gasteiger partial charge is 0.142 e. The van der Waals surface area contributed by atoms with E-state index in [1.807, 2.05) is 24.3 Å². The number of benzene rings is 2. The first-order valence-electron chi connectivity index (χ1n) is 7.54. The molecule has 0 saturated carbocycles. The van der Waals surface area contributed by atoms with Crippen LogP contribution in [0.25, 0.3) is 0 Å². The number of ether oxygens (including phenoxy) is 2. The van der Waals surface area contributed by atoms with E-state index < -0.39 is 6.10 Å². The zero-order chi connectivity index (χ0) is 16.1. The molecular formula is C18H18N2O3. The first kappa shape index (κ1) is 15.2. The molecule has 5 nitrogen and oxygen atoms in total. The summed E-state index contributed by atoms with van der Waals surface area (Å²) in [5.41, 5.74) is 1.58. The van der Waals surface area contributed by atoms with Gasteiger partial charge in [-0.3, -0.25) is 0 Å². The molecule has 1 aliphatic rings. The zero-order valence-electron chi connectivity index (χ0n) is 12.7. The maximum absolute atomic E-state index is 10.2. The standard InChI is InChI=1S/C18H18N2O3/c19-11-14-5-7-16(8-6-14)23-13-15(21)12-20-9-10-22-18-4-2-1-3-17(18)20/h1-8,15,21H,9-10,12-13H2/t15-/m0/s1. The van der Waals surface area contributed by atoms with E-state index in [0.717, 1.165) is 18.0 Å². The van der Waals surface area contributed by atoms with Crippen molar-refractivity contribution in [1.29, 1.82) is 5.26 Å². The second-order valence-electron chi connectivity index (χ2n) is 5.36. The Labute approximate surface area is 135 Å². The number of hydrogen-bond acceptors (Lipinski definition) is 5. The molecule has 3 rings (SSSR count). The number of rotatable bonds is 5. The molecule has 5 heteroatoms. The van der Waals surface area contributed by atoms with E-state index in [4.69, 9.17) is 14.7 Å². The van der Waals surface area contributed by atoms with Crippen LogP contribution in [-0.4, -0.2) is 37.5 Å². The molecule has 0 amide bonds. The van der Waals surface area contributed by atoms with Crippen molar-refractivity contribution in [3.8, 4) is 17.6 Å². The Balaban J connectivity index is 1.55. The van der Waals surface area contributed by atoms with Gasteiger partial charge in [0, 0.05) is 6.54 Å². The summed E-state index contributed by atoms with van der Waals surface area (Å²) in [6, 6.07) is 16.7. The minimum atomic E-state index is -0.614. The molecule has 0 saturated heterocycles. The summed E-state index contributed by atoms with van der Waals surface area (Å²) in [5, 5.41) is 19.0. The average molecular weight is 310 g/mol. The second-order valence-corrected chi connectivity index (χ2v) is 5.36. The van der Waals surface area contributed by atoms with Gasteiger partial charge < -0.3 is 19.5 Å². The number of β-amino-alcohol motifs (C(OH)–C–C–N with tert-alkyl or cyclic N) is 1. The van der Waals surface area contributed by atoms with Crippen molar-refractivity contribution in [3.05, 3.63) is 54.1 Å². The predicted molar refractivity (Wildman–Crippen MR) is 86.8 cm³/mol. The Kier molecular flexibility index (Phi) is 4.65. The molecule has 0 unspecified atom stereocenters. The lowest BCUT2D eigenvalue weighted by Crippen LogP contribution is -2.40. The Morgan fingerprint density at radius 3 is 2.78 bits per heavy atom. The van der Waals surface area contributed by atoms with Gasteiger partial charge >= 0.3 is 0 Å². The van der Waals surface area contributed by atoms with Crippen molar-refractivity contribution in [1.82, 2.24) is 0 Å². The fourth-order valence-electron chi connectivity index (χ4n) is 2.54. The minimum Gasteiger partial charge on any atom is -0.491 e. The average Bonchev–Trinajstić information content (AvgIpc) is 2.61. The molecule has 1 N–H and O–H groups in total. The highest BCUT2D eigenvalue weighted by Gasteiger charge is 2.20. The third-order valence-corrected chi connectivity index (χ3v) is 3.68. The van der Waals surface area contributed by atoms with E-state index in [9.17, 15) is 5.11 Å². The molecule has 2 aromatic rings. The molecule has 2 aromatic carbocycles. The summed E-state index contributed by atoms with van der Waals surface area (Å²) < 4.78 is 11.2. The lowest BCUT2D eigenvalue weighted by molar-refractivity contribution is 0.110. The molecule has 1 aliphatic heterocycles. The van der Waals surface area contributed by atoms with E-state index in [0.29, 0.717) is 24.5 Å². The summed E-state index contributed by atoms with van der Waals surface area (Å²) in [6.45, 7) is 2.03. The zero-order valence-corrected chi connectivity index (χ0v) is 12.7. The fraction of sp³-hybridized carbons (Fsp3) is 0.278. The quantitative estimate of drug-likeness (QED) is 0.917. The Bertz CT molecular complexity index is 694. The van der Waals surface area contributed by atoms with Crippen LogP contribution < -0.4 is 14.4 Å². The Morgan fingerprint density at radius 1 is 1.22 bits per heavy atom. The van der Waals surface area contributed by atoms with E-state index in [-0.39, 0.29) is 6.61 Å². The van der Waals surface area contributed by atoms with Crippen LogP contribution in [-0.2, 0) is 0 Å². The summed E-state index contributed by atoms with van der Waals surface area (Å²) in [7, 11) is 0. The number of aliphatic hydroxyl groups is 1. The topological polar surface area (TPSA) is 65.7 Å². The van der Waals surface area contributed by atoms with E-state index in [1.165, 1.54) is 0 Å². The molecule has 0 bridgehead atoms. The van der Waals surface area contributed by atoms with Gasteiger partial charge in [0.25, 0.3) is 0 Å². The highest BCUT2D eigenvalue weighted by molar-refractivity contribution is 5.59. The largest absolute Gasteiger partial charge is 0.491 e. The van der Waals surface area contributed by atoms with Gasteiger partial charge in [0.1, 0.15) is 30.8 Å². The summed E-state index contributed by atoms with van der Waals surface area (Å²) in [6.07, 6.45) is -0.614. The molecule has 0 aromatic heterocycles. The molecule has 1 atom stereocenters. The van der Waals surface area contributed by atoms with Crippen LogP contribution in [0, 0.1) is 11.3 Å². The highest BCUT2D eigenvalue weighted by Crippen LogP contribution is 2.30. The highest BCUT2D eigenvalue weighted by atomic mass is 16.5. The Hall–Kier alpha value is -2.71. The third kappa shape index (κ3) is 3.74. The molecule has 118 valence electrons. The first-order valence-corrected chi connectivity index (χ1v) is 7.54. The maximum Gasteiger partial charge on any atom is 0.142 e. The molecule has 23 heavy (non-hydrogen) atoms. The van der Waals surface area contributed by atoms with Gasteiger partial charge in [0.15, 0.2) is 0 Å². The first-order chi connectivity index (χ1) is 11.3. The predicted octanol–water partition coefficient (Wildman–Crippen LogP) is 2.20. The van der Waals surface area contributed by atoms with Crippen molar-refractivity contribution in [2.45, 2.75) is 6.10 Å². The molecule has 0 spiro atoms. The van der Waals surface area contributed by atoms with E-state index in [1.54, 1.807) is 24.3 Å². The lowest BCUT2D eigenvalue weighted by atomic mass is 10.2. The van der Waals surface area contributed by atoms with Crippen LogP contribution >= 0.6 is 0 Å². The molecule has 0 aliphatic carbocycles. The number of aliphatic hydroxyl groups excluding tert-OH is 1. The molecule has 0 fully saturated rings. The van der Waals surface area contributed by atoms with Crippen molar-refractivity contribution in [3.63, 3.8) is 0 Å². The monoisotopic (exact) mass is 310 g/mol. The van der Waals surface area contributed by atoms with E-state index >= 15 is 0 Å². The number of anilines is 1. The van der Waals surface area contributed by atoms with Crippen LogP contribution in [0.15, 0.2) is 48.5 Å². The van der Waals surface area contributed by atoms with Gasteiger partial charge in [-0.1, -0.05) is 12.1 Å². The summed E-state index contributed by atoms with van der Waals surface area (Å²) in [5.74, 6) is 1.49. The van der Waals surface area contributed by atoms with Crippen molar-refractivity contribution >= 4 is 5.69 Å². The minimum absolute atomic E-state index is 0.200. The maximum atomic E-state index is 10.2. The molecular weight excluding hydrogens is 292 g/mol. The normalized spacial score (nSPS) is 14.3. The van der Waals surface area contributed by atoms with Gasteiger partial charge in [0.05, 0.1) is 23.9 Å². The number of nitrogens with zero attached hydrogens (tertiary/aromatic N) is 2. The second kappa shape index (κ2) is 7.03. The molecule has 1 heterocycles. The van der Waals surface area contributed by atoms with E-state index in [2.05, 4.69) is 11.0 Å².